The van der Waals surface area contributed by atoms with E-state index in [1.165, 1.54) is 25.3 Å². The van der Waals surface area contributed by atoms with Crippen LogP contribution < -0.4 is 4.74 Å². The van der Waals surface area contributed by atoms with Crippen LogP contribution in [0.2, 0.25) is 0 Å². The first-order valence-electron chi connectivity index (χ1n) is 5.56. The number of halogens is 1. The van der Waals surface area contributed by atoms with Crippen LogP contribution in [0.15, 0.2) is 47.4 Å². The predicted octanol–water partition coefficient (Wildman–Crippen LogP) is 2.90. The van der Waals surface area contributed by atoms with Crippen molar-refractivity contribution in [3.63, 3.8) is 0 Å². The fourth-order valence-corrected chi connectivity index (χ4v) is 2.77. The summed E-state index contributed by atoms with van der Waals surface area (Å²) in [6, 6.07) is 10.9. The average Bonchev–Trinajstić information content (AvgIpc) is 2.37. The molecule has 0 aliphatic rings. The van der Waals surface area contributed by atoms with Crippen molar-refractivity contribution in [2.75, 3.05) is 13.4 Å². The number of hydrogen-bond donors (Lipinski definition) is 0. The number of rotatable bonds is 3. The molecule has 100 valence electrons. The highest BCUT2D eigenvalue weighted by Gasteiger charge is 2.15. The summed E-state index contributed by atoms with van der Waals surface area (Å²) in [5, 5.41) is 0. The van der Waals surface area contributed by atoms with Gasteiger partial charge in [-0.3, -0.25) is 0 Å². The van der Waals surface area contributed by atoms with Gasteiger partial charge in [0.1, 0.15) is 0 Å². The molecular formula is C14H13FO3S. The molecule has 0 N–H and O–H groups in total. The van der Waals surface area contributed by atoms with Gasteiger partial charge in [-0.05, 0) is 23.8 Å². The molecule has 0 saturated carbocycles. The maximum Gasteiger partial charge on any atom is 0.176 e. The van der Waals surface area contributed by atoms with Crippen molar-refractivity contribution in [3.8, 4) is 16.9 Å². The molecule has 2 aromatic carbocycles. The summed E-state index contributed by atoms with van der Waals surface area (Å²) in [5.74, 6) is -0.399. The molecule has 2 rings (SSSR count). The minimum atomic E-state index is -3.36. The molecule has 0 aliphatic heterocycles. The van der Waals surface area contributed by atoms with Gasteiger partial charge in [0, 0.05) is 11.8 Å². The highest BCUT2D eigenvalue weighted by atomic mass is 32.2. The summed E-state index contributed by atoms with van der Waals surface area (Å²) in [6.45, 7) is 0. The Hall–Kier alpha value is -1.88. The third kappa shape index (κ3) is 2.76. The molecule has 0 fully saturated rings. The largest absolute Gasteiger partial charge is 0.494 e. The van der Waals surface area contributed by atoms with E-state index in [1.807, 2.05) is 0 Å². The van der Waals surface area contributed by atoms with Crippen LogP contribution in [0.25, 0.3) is 11.1 Å². The molecule has 0 unspecified atom stereocenters. The van der Waals surface area contributed by atoms with Crippen molar-refractivity contribution in [1.29, 1.82) is 0 Å². The number of benzene rings is 2. The molecule has 19 heavy (non-hydrogen) atoms. The Labute approximate surface area is 111 Å². The average molecular weight is 280 g/mol. The topological polar surface area (TPSA) is 43.4 Å². The van der Waals surface area contributed by atoms with E-state index in [-0.39, 0.29) is 10.6 Å². The lowest BCUT2D eigenvalue weighted by atomic mass is 10.1. The van der Waals surface area contributed by atoms with Crippen LogP contribution in [0.5, 0.6) is 5.75 Å². The van der Waals surface area contributed by atoms with Crippen molar-refractivity contribution >= 4 is 9.84 Å². The summed E-state index contributed by atoms with van der Waals surface area (Å²) in [6.07, 6.45) is 1.13. The number of sulfone groups is 1. The molecule has 0 spiro atoms. The lowest BCUT2D eigenvalue weighted by Crippen LogP contribution is -2.00. The van der Waals surface area contributed by atoms with Crippen LogP contribution in [0, 0.1) is 5.82 Å². The van der Waals surface area contributed by atoms with Gasteiger partial charge in [0.05, 0.1) is 12.0 Å². The summed E-state index contributed by atoms with van der Waals surface area (Å²) in [4.78, 5) is 0.180. The van der Waals surface area contributed by atoms with Crippen LogP contribution in [0.3, 0.4) is 0 Å². The van der Waals surface area contributed by atoms with Crippen LogP contribution >= 0.6 is 0 Å². The van der Waals surface area contributed by atoms with E-state index < -0.39 is 15.7 Å². The lowest BCUT2D eigenvalue weighted by Gasteiger charge is -2.09. The number of ether oxygens (including phenoxy) is 1. The van der Waals surface area contributed by atoms with Gasteiger partial charge in [0.2, 0.25) is 0 Å². The van der Waals surface area contributed by atoms with Gasteiger partial charge in [0.25, 0.3) is 0 Å². The Bertz CT molecular complexity index is 708. The molecule has 2 aromatic rings. The first-order chi connectivity index (χ1) is 8.93. The number of methoxy groups -OCH3 is 1. The monoisotopic (exact) mass is 280 g/mol. The molecule has 0 aliphatic carbocycles. The Morgan fingerprint density at radius 3 is 2.37 bits per heavy atom. The van der Waals surface area contributed by atoms with Crippen LogP contribution in [0.1, 0.15) is 0 Å². The van der Waals surface area contributed by atoms with E-state index in [9.17, 15) is 12.8 Å². The smallest absolute Gasteiger partial charge is 0.176 e. The Kier molecular flexibility index (Phi) is 3.57. The maximum absolute atomic E-state index is 13.7. The molecule has 0 saturated heterocycles. The van der Waals surface area contributed by atoms with E-state index in [4.69, 9.17) is 4.74 Å². The maximum atomic E-state index is 13.7. The third-order valence-corrected chi connectivity index (χ3v) is 3.90. The summed E-state index contributed by atoms with van der Waals surface area (Å²) in [7, 11) is -1.99. The second kappa shape index (κ2) is 5.01. The fraction of sp³-hybridized carbons (Fsp3) is 0.143. The van der Waals surface area contributed by atoms with Gasteiger partial charge in [0.15, 0.2) is 21.4 Å². The van der Waals surface area contributed by atoms with Crippen molar-refractivity contribution in [3.05, 3.63) is 48.3 Å². The second-order valence-electron chi connectivity index (χ2n) is 4.12. The van der Waals surface area contributed by atoms with Gasteiger partial charge in [-0.1, -0.05) is 24.3 Å². The molecule has 3 nitrogen and oxygen atoms in total. The van der Waals surface area contributed by atoms with E-state index >= 15 is 0 Å². The van der Waals surface area contributed by atoms with Gasteiger partial charge in [-0.15, -0.1) is 0 Å². The highest BCUT2D eigenvalue weighted by molar-refractivity contribution is 7.90. The molecule has 0 atom stereocenters. The molecule has 0 bridgehead atoms. The van der Waals surface area contributed by atoms with Gasteiger partial charge >= 0.3 is 0 Å². The minimum absolute atomic E-state index is 0.126. The predicted molar refractivity (Wildman–Crippen MR) is 71.5 cm³/mol. The summed E-state index contributed by atoms with van der Waals surface area (Å²) < 4.78 is 42.0. The highest BCUT2D eigenvalue weighted by Crippen LogP contribution is 2.30. The molecule has 0 radical (unpaired) electrons. The van der Waals surface area contributed by atoms with Gasteiger partial charge in [-0.25, -0.2) is 12.8 Å². The van der Waals surface area contributed by atoms with E-state index in [0.29, 0.717) is 11.1 Å². The Morgan fingerprint density at radius 2 is 1.79 bits per heavy atom. The molecule has 0 amide bonds. The van der Waals surface area contributed by atoms with Gasteiger partial charge in [-0.2, -0.15) is 0 Å². The summed E-state index contributed by atoms with van der Waals surface area (Å²) in [5.41, 5.74) is 0.978. The molecule has 0 heterocycles. The molecule has 5 heteroatoms. The fourth-order valence-electron chi connectivity index (χ4n) is 1.86. The van der Waals surface area contributed by atoms with Crippen LogP contribution in [0.4, 0.5) is 4.39 Å². The second-order valence-corrected chi connectivity index (χ2v) is 6.10. The van der Waals surface area contributed by atoms with E-state index in [2.05, 4.69) is 0 Å². The SMILES string of the molecule is COc1ccc(-c2ccccc2S(C)(=O)=O)cc1F. The quantitative estimate of drug-likeness (QED) is 0.868. The number of hydrogen-bond acceptors (Lipinski definition) is 3. The van der Waals surface area contributed by atoms with Crippen molar-refractivity contribution in [2.24, 2.45) is 0 Å². The first-order valence-corrected chi connectivity index (χ1v) is 7.45. The summed E-state index contributed by atoms with van der Waals surface area (Å²) >= 11 is 0. The zero-order chi connectivity index (χ0) is 14.0. The van der Waals surface area contributed by atoms with E-state index in [1.54, 1.807) is 24.3 Å². The third-order valence-electron chi connectivity index (χ3n) is 2.75. The van der Waals surface area contributed by atoms with Crippen molar-refractivity contribution in [1.82, 2.24) is 0 Å². The molecule has 0 aromatic heterocycles. The van der Waals surface area contributed by atoms with Crippen LogP contribution in [-0.4, -0.2) is 21.8 Å². The normalized spacial score (nSPS) is 11.3. The standard InChI is InChI=1S/C14H13FO3S/c1-18-13-8-7-10(9-12(13)15)11-5-3-4-6-14(11)19(2,16)17/h3-9H,1-2H3. The lowest BCUT2D eigenvalue weighted by molar-refractivity contribution is 0.386. The molecular weight excluding hydrogens is 267 g/mol. The van der Waals surface area contributed by atoms with Crippen molar-refractivity contribution in [2.45, 2.75) is 4.90 Å². The zero-order valence-corrected chi connectivity index (χ0v) is 11.4. The van der Waals surface area contributed by atoms with Gasteiger partial charge < -0.3 is 4.74 Å². The first kappa shape index (κ1) is 13.5. The minimum Gasteiger partial charge on any atom is -0.494 e. The van der Waals surface area contributed by atoms with Crippen LogP contribution in [-0.2, 0) is 9.84 Å². The zero-order valence-electron chi connectivity index (χ0n) is 10.6. The van der Waals surface area contributed by atoms with Crippen molar-refractivity contribution < 1.29 is 17.5 Å². The Balaban J connectivity index is 2.63. The Morgan fingerprint density at radius 1 is 1.11 bits per heavy atom. The van der Waals surface area contributed by atoms with E-state index in [0.717, 1.165) is 6.26 Å².